The Kier molecular flexibility index (Phi) is 5.29. The van der Waals surface area contributed by atoms with Gasteiger partial charge >= 0.3 is 0 Å². The highest BCUT2D eigenvalue weighted by Gasteiger charge is 2.16. The van der Waals surface area contributed by atoms with E-state index in [1.807, 2.05) is 0 Å². The van der Waals surface area contributed by atoms with E-state index >= 15 is 0 Å². The van der Waals surface area contributed by atoms with Crippen molar-refractivity contribution in [2.45, 2.75) is 52.1 Å². The number of rotatable bonds is 8. The van der Waals surface area contributed by atoms with Gasteiger partial charge in [-0.15, -0.1) is 0 Å². The molecule has 0 aromatic carbocycles. The summed E-state index contributed by atoms with van der Waals surface area (Å²) in [6.45, 7) is 7.39. The molecule has 2 aromatic heterocycles. The zero-order valence-electron chi connectivity index (χ0n) is 12.5. The lowest BCUT2D eigenvalue weighted by Crippen LogP contribution is -2.23. The molecular formula is C14H24N6. The highest BCUT2D eigenvalue weighted by molar-refractivity contribution is 5.08. The number of aromatic amines is 1. The number of nitrogens with one attached hydrogen (secondary N) is 2. The molecule has 0 amide bonds. The Bertz CT molecular complexity index is 485. The fraction of sp³-hybridized carbons (Fsp3) is 0.643. The maximum Gasteiger partial charge on any atom is 0.0997 e. The molecule has 0 saturated carbocycles. The third-order valence-electron chi connectivity index (χ3n) is 3.63. The van der Waals surface area contributed by atoms with Crippen LogP contribution in [0.2, 0.25) is 0 Å². The zero-order valence-corrected chi connectivity index (χ0v) is 12.5. The van der Waals surface area contributed by atoms with Gasteiger partial charge < -0.3 is 5.32 Å². The summed E-state index contributed by atoms with van der Waals surface area (Å²) >= 11 is 0. The summed E-state index contributed by atoms with van der Waals surface area (Å²) in [6, 6.07) is 2.75. The average Bonchev–Trinajstić information content (AvgIpc) is 3.11. The Hall–Kier alpha value is -1.69. The van der Waals surface area contributed by atoms with Crippen molar-refractivity contribution >= 4 is 0 Å². The summed E-state index contributed by atoms with van der Waals surface area (Å²) in [5.74, 6) is 0. The first kappa shape index (κ1) is 14.7. The van der Waals surface area contributed by atoms with Crippen LogP contribution >= 0.6 is 0 Å². The topological polar surface area (TPSA) is 71.4 Å². The van der Waals surface area contributed by atoms with E-state index in [1.54, 1.807) is 6.20 Å². The number of hydrogen-bond acceptors (Lipinski definition) is 4. The molecule has 0 aliphatic rings. The molecule has 0 saturated heterocycles. The zero-order chi connectivity index (χ0) is 14.4. The van der Waals surface area contributed by atoms with Crippen LogP contribution in [0.15, 0.2) is 18.5 Å². The van der Waals surface area contributed by atoms with Crippen LogP contribution in [0.3, 0.4) is 0 Å². The Balaban J connectivity index is 2.07. The second-order valence-corrected chi connectivity index (χ2v) is 4.97. The maximum atomic E-state index is 4.70. The van der Waals surface area contributed by atoms with Crippen molar-refractivity contribution in [3.05, 3.63) is 29.8 Å². The van der Waals surface area contributed by atoms with Crippen LogP contribution in [-0.4, -0.2) is 31.7 Å². The molecule has 1 unspecified atom stereocenters. The standard InChI is InChI=1S/C14H24N6/c1-4-12(5-2)20-8-7-11(18-20)9-13(15-6-3)14-10-16-19-17-14/h7-8,10,12-13,15H,4-6,9H2,1-3H3,(H,16,17,19). The lowest BCUT2D eigenvalue weighted by molar-refractivity contribution is 0.422. The Morgan fingerprint density at radius 1 is 1.30 bits per heavy atom. The number of aromatic nitrogens is 5. The van der Waals surface area contributed by atoms with E-state index in [9.17, 15) is 0 Å². The van der Waals surface area contributed by atoms with E-state index < -0.39 is 0 Å². The number of nitrogens with zero attached hydrogens (tertiary/aromatic N) is 4. The summed E-state index contributed by atoms with van der Waals surface area (Å²) in [5, 5.41) is 18.9. The normalized spacial score (nSPS) is 13.0. The predicted molar refractivity (Wildman–Crippen MR) is 78.4 cm³/mol. The van der Waals surface area contributed by atoms with Gasteiger partial charge in [-0.2, -0.15) is 20.5 Å². The van der Waals surface area contributed by atoms with Crippen molar-refractivity contribution in [1.82, 2.24) is 30.5 Å². The lowest BCUT2D eigenvalue weighted by atomic mass is 10.1. The number of H-pyrrole nitrogens is 1. The molecule has 20 heavy (non-hydrogen) atoms. The van der Waals surface area contributed by atoms with Gasteiger partial charge in [0.1, 0.15) is 0 Å². The minimum atomic E-state index is 0.156. The number of likely N-dealkylation sites (N-methyl/N-ethyl adjacent to an activating group) is 1. The van der Waals surface area contributed by atoms with E-state index in [1.165, 1.54) is 0 Å². The molecule has 2 rings (SSSR count). The van der Waals surface area contributed by atoms with Crippen molar-refractivity contribution in [3.8, 4) is 0 Å². The van der Waals surface area contributed by atoms with Gasteiger partial charge in [-0.25, -0.2) is 0 Å². The van der Waals surface area contributed by atoms with Gasteiger partial charge in [0, 0.05) is 12.6 Å². The second-order valence-electron chi connectivity index (χ2n) is 4.97. The summed E-state index contributed by atoms with van der Waals surface area (Å²) in [6.07, 6.45) is 6.90. The molecule has 110 valence electrons. The van der Waals surface area contributed by atoms with E-state index in [-0.39, 0.29) is 6.04 Å². The molecule has 0 spiro atoms. The van der Waals surface area contributed by atoms with Crippen molar-refractivity contribution in [2.24, 2.45) is 0 Å². The van der Waals surface area contributed by atoms with Crippen molar-refractivity contribution in [1.29, 1.82) is 0 Å². The van der Waals surface area contributed by atoms with Gasteiger partial charge in [-0.05, 0) is 25.5 Å². The van der Waals surface area contributed by atoms with E-state index in [2.05, 4.69) is 58.4 Å². The second kappa shape index (κ2) is 7.19. The van der Waals surface area contributed by atoms with Gasteiger partial charge in [0.15, 0.2) is 0 Å². The minimum absolute atomic E-state index is 0.156. The molecule has 6 nitrogen and oxygen atoms in total. The van der Waals surface area contributed by atoms with Crippen LogP contribution in [0.25, 0.3) is 0 Å². The molecule has 0 aliphatic heterocycles. The van der Waals surface area contributed by atoms with Crippen LogP contribution in [0, 0.1) is 0 Å². The number of hydrogen-bond donors (Lipinski definition) is 2. The van der Waals surface area contributed by atoms with Gasteiger partial charge in [0.2, 0.25) is 0 Å². The fourth-order valence-electron chi connectivity index (χ4n) is 2.47. The predicted octanol–water partition coefficient (Wildman–Crippen LogP) is 2.26. The SMILES string of the molecule is CCNC(Cc1ccn(C(CC)CC)n1)c1cn[nH]n1. The minimum Gasteiger partial charge on any atom is -0.308 e. The summed E-state index contributed by atoms with van der Waals surface area (Å²) in [4.78, 5) is 0. The van der Waals surface area contributed by atoms with Crippen LogP contribution in [0.5, 0.6) is 0 Å². The summed E-state index contributed by atoms with van der Waals surface area (Å²) in [7, 11) is 0. The highest BCUT2D eigenvalue weighted by Crippen LogP contribution is 2.18. The largest absolute Gasteiger partial charge is 0.308 e. The van der Waals surface area contributed by atoms with Crippen molar-refractivity contribution in [2.75, 3.05) is 6.54 Å². The molecule has 2 N–H and O–H groups in total. The van der Waals surface area contributed by atoms with E-state index in [0.29, 0.717) is 6.04 Å². The molecular weight excluding hydrogens is 252 g/mol. The first-order valence-electron chi connectivity index (χ1n) is 7.41. The molecule has 0 radical (unpaired) electrons. The molecule has 1 atom stereocenters. The lowest BCUT2D eigenvalue weighted by Gasteiger charge is -2.14. The fourth-order valence-corrected chi connectivity index (χ4v) is 2.47. The van der Waals surface area contributed by atoms with Gasteiger partial charge in [-0.3, -0.25) is 4.68 Å². The molecule has 6 heteroatoms. The first-order valence-corrected chi connectivity index (χ1v) is 7.41. The smallest absolute Gasteiger partial charge is 0.0997 e. The molecule has 2 heterocycles. The van der Waals surface area contributed by atoms with Crippen LogP contribution < -0.4 is 5.32 Å². The van der Waals surface area contributed by atoms with Crippen LogP contribution in [0.1, 0.15) is 57.1 Å². The quantitative estimate of drug-likeness (QED) is 0.775. The van der Waals surface area contributed by atoms with Crippen molar-refractivity contribution in [3.63, 3.8) is 0 Å². The molecule has 2 aromatic rings. The van der Waals surface area contributed by atoms with E-state index in [0.717, 1.165) is 37.2 Å². The van der Waals surface area contributed by atoms with Crippen LogP contribution in [0.4, 0.5) is 0 Å². The van der Waals surface area contributed by atoms with E-state index in [4.69, 9.17) is 5.10 Å². The summed E-state index contributed by atoms with van der Waals surface area (Å²) < 4.78 is 2.08. The van der Waals surface area contributed by atoms with Gasteiger partial charge in [0.25, 0.3) is 0 Å². The third kappa shape index (κ3) is 3.45. The average molecular weight is 276 g/mol. The van der Waals surface area contributed by atoms with Crippen LogP contribution in [-0.2, 0) is 6.42 Å². The summed E-state index contributed by atoms with van der Waals surface area (Å²) in [5.41, 5.74) is 2.02. The van der Waals surface area contributed by atoms with Crippen molar-refractivity contribution < 1.29 is 0 Å². The Morgan fingerprint density at radius 3 is 2.70 bits per heavy atom. The molecule has 0 fully saturated rings. The monoisotopic (exact) mass is 276 g/mol. The third-order valence-corrected chi connectivity index (χ3v) is 3.63. The van der Waals surface area contributed by atoms with Gasteiger partial charge in [0.05, 0.1) is 29.7 Å². The van der Waals surface area contributed by atoms with Gasteiger partial charge in [-0.1, -0.05) is 20.8 Å². The molecule has 0 bridgehead atoms. The Labute approximate surface area is 120 Å². The Morgan fingerprint density at radius 2 is 2.10 bits per heavy atom. The first-order chi connectivity index (χ1) is 9.78. The maximum absolute atomic E-state index is 4.70. The highest BCUT2D eigenvalue weighted by atomic mass is 15.3. The molecule has 0 aliphatic carbocycles.